The van der Waals surface area contributed by atoms with Gasteiger partial charge in [0.2, 0.25) is 0 Å². The molecule has 1 saturated heterocycles. The topological polar surface area (TPSA) is 139 Å². The van der Waals surface area contributed by atoms with Gasteiger partial charge in [0.15, 0.2) is 5.69 Å². The highest BCUT2D eigenvalue weighted by Crippen LogP contribution is 2.19. The van der Waals surface area contributed by atoms with Crippen molar-refractivity contribution in [3.63, 3.8) is 0 Å². The molecule has 1 fully saturated rings. The molecule has 0 bridgehead atoms. The van der Waals surface area contributed by atoms with Crippen molar-refractivity contribution >= 4 is 17.8 Å². The van der Waals surface area contributed by atoms with E-state index in [0.717, 1.165) is 25.1 Å². The van der Waals surface area contributed by atoms with Crippen LogP contribution in [0.4, 0.5) is 26.3 Å². The lowest BCUT2D eigenvalue weighted by Crippen LogP contribution is -2.37. The molecule has 50 heavy (non-hydrogen) atoms. The van der Waals surface area contributed by atoms with E-state index in [1.54, 1.807) is 0 Å². The second-order valence-electron chi connectivity index (χ2n) is 11.1. The maximum Gasteiger partial charge on any atom is 0.490 e. The van der Waals surface area contributed by atoms with Gasteiger partial charge in [0.1, 0.15) is 12.2 Å². The monoisotopic (exact) mass is 706 g/mol. The van der Waals surface area contributed by atoms with Crippen molar-refractivity contribution in [1.82, 2.24) is 30.5 Å². The first kappa shape index (κ1) is 37.5. The summed E-state index contributed by atoms with van der Waals surface area (Å²) < 4.78 is 76.6. The van der Waals surface area contributed by atoms with E-state index in [0.29, 0.717) is 24.5 Å². The molecule has 11 nitrogen and oxygen atoms in total. The third-order valence-electron chi connectivity index (χ3n) is 7.25. The zero-order valence-corrected chi connectivity index (χ0v) is 26.2. The summed E-state index contributed by atoms with van der Waals surface area (Å²) in [5.74, 6) is -3.99. The summed E-state index contributed by atoms with van der Waals surface area (Å²) in [5, 5.41) is 20.4. The van der Waals surface area contributed by atoms with Crippen LogP contribution in [0.15, 0.2) is 84.9 Å². The molecule has 4 aromatic rings. The number of carboxylic acid groups (broad SMARTS) is 1. The van der Waals surface area contributed by atoms with E-state index in [1.165, 1.54) is 34.5 Å². The van der Waals surface area contributed by atoms with Crippen LogP contribution in [0.5, 0.6) is 0 Å². The van der Waals surface area contributed by atoms with Crippen molar-refractivity contribution in [2.45, 2.75) is 44.6 Å². The van der Waals surface area contributed by atoms with Crippen LogP contribution < -0.4 is 10.6 Å². The van der Waals surface area contributed by atoms with Gasteiger partial charge >= 0.3 is 18.3 Å². The molecular weight excluding hydrogens is 674 g/mol. The number of carbonyl (C=O) groups excluding carboxylic acids is 2. The van der Waals surface area contributed by atoms with Gasteiger partial charge in [-0.25, -0.2) is 9.48 Å². The molecule has 3 aromatic carbocycles. The number of benzene rings is 3. The molecule has 0 spiro atoms. The van der Waals surface area contributed by atoms with Gasteiger partial charge in [-0.3, -0.25) is 14.5 Å². The van der Waals surface area contributed by atoms with Crippen LogP contribution in [0.1, 0.15) is 44.1 Å². The Bertz CT molecular complexity index is 1720. The van der Waals surface area contributed by atoms with E-state index >= 15 is 0 Å². The number of carboxylic acids is 1. The van der Waals surface area contributed by atoms with Gasteiger partial charge in [-0.2, -0.15) is 26.3 Å². The van der Waals surface area contributed by atoms with Gasteiger partial charge in [-0.15, -0.1) is 5.10 Å². The number of aromatic nitrogens is 3. The fourth-order valence-electron chi connectivity index (χ4n) is 4.88. The summed E-state index contributed by atoms with van der Waals surface area (Å²) in [6, 6.07) is 25.5. The lowest BCUT2D eigenvalue weighted by Gasteiger charge is -2.17. The van der Waals surface area contributed by atoms with Crippen LogP contribution >= 0.6 is 0 Å². The van der Waals surface area contributed by atoms with Crippen LogP contribution in [0.2, 0.25) is 0 Å². The lowest BCUT2D eigenvalue weighted by atomic mass is 10.2. The number of amides is 2. The van der Waals surface area contributed by atoms with Gasteiger partial charge in [-0.1, -0.05) is 65.9 Å². The number of aliphatic carboxylic acids is 1. The van der Waals surface area contributed by atoms with Gasteiger partial charge in [-0.05, 0) is 41.8 Å². The number of hydrogen-bond donors (Lipinski definition) is 3. The van der Waals surface area contributed by atoms with Crippen LogP contribution in [0.25, 0.3) is 5.69 Å². The number of carbonyl (C=O) groups is 3. The number of alkyl halides is 6. The minimum atomic E-state index is -5.08. The standard InChI is InChI=1S/C31H31F3N6O3.C2HF3O2/c32-31(33,34)21-35-29(41)24-11-13-26(14-12-24)40-27(20-43-19-23-9-5-2-6-10-23)28(37-38-40)30(42)36-25-15-16-39(18-25)17-22-7-3-1-4-8-22;3-2(4,5)1(6)7/h1-14,25H,15-21H2,(H,35,41)(H,36,42);(H,6,7). The summed E-state index contributed by atoms with van der Waals surface area (Å²) in [4.78, 5) is 36.7. The SMILES string of the molecule is O=C(NCC(F)(F)F)c1ccc(-n2nnc(C(=O)NC3CCN(Cc4ccccc4)C3)c2COCc2ccccc2)cc1.O=C(O)C(F)(F)F. The highest BCUT2D eigenvalue weighted by molar-refractivity contribution is 5.94. The zero-order valence-electron chi connectivity index (χ0n) is 26.2. The molecule has 0 aliphatic carbocycles. The predicted octanol–water partition coefficient (Wildman–Crippen LogP) is 4.91. The van der Waals surface area contributed by atoms with E-state index in [4.69, 9.17) is 14.6 Å². The third-order valence-corrected chi connectivity index (χ3v) is 7.25. The van der Waals surface area contributed by atoms with Crippen molar-refractivity contribution < 1.29 is 50.6 Å². The number of nitrogens with zero attached hydrogens (tertiary/aromatic N) is 4. The average molecular weight is 707 g/mol. The maximum absolute atomic E-state index is 13.4. The fourth-order valence-corrected chi connectivity index (χ4v) is 4.88. The van der Waals surface area contributed by atoms with Crippen molar-refractivity contribution in [2.24, 2.45) is 0 Å². The van der Waals surface area contributed by atoms with Crippen LogP contribution in [-0.4, -0.2) is 80.8 Å². The second kappa shape index (κ2) is 16.9. The Morgan fingerprint density at radius 3 is 2.02 bits per heavy atom. The molecule has 0 saturated carbocycles. The van der Waals surface area contributed by atoms with Crippen molar-refractivity contribution in [2.75, 3.05) is 19.6 Å². The third kappa shape index (κ3) is 11.4. The van der Waals surface area contributed by atoms with E-state index in [1.807, 2.05) is 53.8 Å². The van der Waals surface area contributed by atoms with E-state index in [-0.39, 0.29) is 29.8 Å². The van der Waals surface area contributed by atoms with E-state index in [2.05, 4.69) is 32.7 Å². The molecule has 0 radical (unpaired) electrons. The Labute approximate surface area is 281 Å². The molecule has 1 aliphatic heterocycles. The highest BCUT2D eigenvalue weighted by atomic mass is 19.4. The number of hydrogen-bond acceptors (Lipinski definition) is 7. The summed E-state index contributed by atoms with van der Waals surface area (Å²) in [7, 11) is 0. The molecule has 2 heterocycles. The van der Waals surface area contributed by atoms with Gasteiger partial charge in [0.25, 0.3) is 11.8 Å². The van der Waals surface area contributed by atoms with Crippen molar-refractivity contribution in [3.05, 3.63) is 113 Å². The Hall–Kier alpha value is -5.29. The Balaban J connectivity index is 0.000000727. The fraction of sp³-hybridized carbons (Fsp3) is 0.303. The van der Waals surface area contributed by atoms with Crippen LogP contribution in [0, 0.1) is 0 Å². The smallest absolute Gasteiger partial charge is 0.475 e. The van der Waals surface area contributed by atoms with Crippen molar-refractivity contribution in [1.29, 1.82) is 0 Å². The highest BCUT2D eigenvalue weighted by Gasteiger charge is 2.38. The molecular formula is C33H32F6N6O5. The number of ether oxygens (including phenoxy) is 1. The van der Waals surface area contributed by atoms with Crippen LogP contribution in [-0.2, 0) is 29.3 Å². The summed E-state index contributed by atoms with van der Waals surface area (Å²) in [5.41, 5.74) is 3.19. The number of nitrogens with one attached hydrogen (secondary N) is 2. The molecule has 1 aromatic heterocycles. The largest absolute Gasteiger partial charge is 0.490 e. The molecule has 2 amide bonds. The van der Waals surface area contributed by atoms with Crippen LogP contribution in [0.3, 0.4) is 0 Å². The van der Waals surface area contributed by atoms with Crippen molar-refractivity contribution in [3.8, 4) is 5.69 Å². The predicted molar refractivity (Wildman–Crippen MR) is 166 cm³/mol. The molecule has 3 N–H and O–H groups in total. The molecule has 1 unspecified atom stereocenters. The zero-order chi connectivity index (χ0) is 36.3. The number of halogens is 6. The second-order valence-corrected chi connectivity index (χ2v) is 11.1. The summed E-state index contributed by atoms with van der Waals surface area (Å²) in [6.45, 7) is 1.23. The first-order valence-corrected chi connectivity index (χ1v) is 15.1. The first-order valence-electron chi connectivity index (χ1n) is 15.1. The normalized spacial score (nSPS) is 14.8. The first-order chi connectivity index (χ1) is 23.7. The van der Waals surface area contributed by atoms with E-state index in [9.17, 15) is 35.9 Å². The molecule has 1 atom stereocenters. The minimum absolute atomic E-state index is 0.0171. The lowest BCUT2D eigenvalue weighted by molar-refractivity contribution is -0.192. The summed E-state index contributed by atoms with van der Waals surface area (Å²) >= 11 is 0. The molecule has 1 aliphatic rings. The van der Waals surface area contributed by atoms with Gasteiger partial charge in [0, 0.05) is 31.2 Å². The Morgan fingerprint density at radius 2 is 1.44 bits per heavy atom. The quantitative estimate of drug-likeness (QED) is 0.187. The molecule has 5 rings (SSSR count). The summed E-state index contributed by atoms with van der Waals surface area (Å²) in [6.07, 6.45) is -8.80. The average Bonchev–Trinajstić information content (AvgIpc) is 3.71. The van der Waals surface area contributed by atoms with Gasteiger partial charge in [0.05, 0.1) is 18.9 Å². The number of likely N-dealkylation sites (tertiary alicyclic amines) is 1. The molecule has 17 heteroatoms. The maximum atomic E-state index is 13.4. The minimum Gasteiger partial charge on any atom is -0.475 e. The Kier molecular flexibility index (Phi) is 12.7. The van der Waals surface area contributed by atoms with Gasteiger partial charge < -0.3 is 20.5 Å². The Morgan fingerprint density at radius 1 is 0.840 bits per heavy atom. The number of rotatable bonds is 11. The van der Waals surface area contributed by atoms with E-state index < -0.39 is 30.8 Å². The molecule has 266 valence electrons.